The summed E-state index contributed by atoms with van der Waals surface area (Å²) in [4.78, 5) is 29.0. The maximum atomic E-state index is 12.8. The normalized spacial score (nSPS) is 21.7. The minimum absolute atomic E-state index is 0.0165. The summed E-state index contributed by atoms with van der Waals surface area (Å²) in [6, 6.07) is 4.66. The highest BCUT2D eigenvalue weighted by Gasteiger charge is 2.33. The van der Waals surface area contributed by atoms with Gasteiger partial charge in [-0.3, -0.25) is 4.79 Å². The molecule has 0 radical (unpaired) electrons. The van der Waals surface area contributed by atoms with E-state index in [4.69, 9.17) is 4.74 Å². The molecule has 2 aromatic heterocycles. The number of esters is 1. The number of anilines is 1. The van der Waals surface area contributed by atoms with Crippen LogP contribution >= 0.6 is 22.7 Å². The smallest absolute Gasteiger partial charge is 0.341 e. The third-order valence-corrected chi connectivity index (χ3v) is 7.76. The Labute approximate surface area is 167 Å². The van der Waals surface area contributed by atoms with Crippen molar-refractivity contribution >= 4 is 39.6 Å². The summed E-state index contributed by atoms with van der Waals surface area (Å²) in [7, 11) is 1.40. The first kappa shape index (κ1) is 18.7. The summed E-state index contributed by atoms with van der Waals surface area (Å²) in [6.07, 6.45) is 6.38. The topological polar surface area (TPSA) is 59.8 Å². The molecule has 2 atom stereocenters. The standard InChI is InChI=1S/C20H24N2O3S2/c1-25-20(24)18-13-6-2-3-8-15(13)27-19(18)21-17(23)12-22-10-4-7-14(22)16-9-5-11-26-16/h5,9,11,14H,2-4,6-8,10,12H2,1H3,(H,21,23)/p+1/t14-/m1/s1. The molecule has 1 unspecified atom stereocenters. The number of amides is 1. The average molecular weight is 406 g/mol. The maximum Gasteiger partial charge on any atom is 0.341 e. The molecule has 2 aromatic rings. The number of aryl methyl sites for hydroxylation is 1. The van der Waals surface area contributed by atoms with Crippen molar-refractivity contribution in [3.63, 3.8) is 0 Å². The Hall–Kier alpha value is -1.70. The number of thiophene rings is 2. The first-order chi connectivity index (χ1) is 13.2. The third kappa shape index (κ3) is 3.81. The van der Waals surface area contributed by atoms with Crippen LogP contribution in [0.25, 0.3) is 0 Å². The molecule has 1 fully saturated rings. The van der Waals surface area contributed by atoms with Gasteiger partial charge in [-0.1, -0.05) is 6.07 Å². The number of nitrogens with one attached hydrogen (secondary N) is 2. The van der Waals surface area contributed by atoms with Crippen LogP contribution in [0.2, 0.25) is 0 Å². The number of methoxy groups -OCH3 is 1. The number of carbonyl (C=O) groups excluding carboxylic acids is 2. The second-order valence-electron chi connectivity index (χ2n) is 7.25. The van der Waals surface area contributed by atoms with Crippen LogP contribution in [0.4, 0.5) is 5.00 Å². The number of ether oxygens (including phenoxy) is 1. The van der Waals surface area contributed by atoms with E-state index in [0.717, 1.165) is 50.6 Å². The van der Waals surface area contributed by atoms with Gasteiger partial charge in [-0.2, -0.15) is 0 Å². The van der Waals surface area contributed by atoms with Crippen LogP contribution in [0.3, 0.4) is 0 Å². The molecule has 144 valence electrons. The van der Waals surface area contributed by atoms with Crippen LogP contribution < -0.4 is 10.2 Å². The van der Waals surface area contributed by atoms with Gasteiger partial charge in [-0.25, -0.2) is 4.79 Å². The zero-order chi connectivity index (χ0) is 18.8. The highest BCUT2D eigenvalue weighted by atomic mass is 32.1. The summed E-state index contributed by atoms with van der Waals surface area (Å²) in [5, 5.41) is 5.81. The van der Waals surface area contributed by atoms with Crippen molar-refractivity contribution < 1.29 is 19.2 Å². The van der Waals surface area contributed by atoms with Gasteiger partial charge >= 0.3 is 5.97 Å². The number of likely N-dealkylation sites (tertiary alicyclic amines) is 1. The Kier molecular flexibility index (Phi) is 5.61. The summed E-state index contributed by atoms with van der Waals surface area (Å²) < 4.78 is 4.99. The van der Waals surface area contributed by atoms with Crippen LogP contribution in [-0.2, 0) is 22.4 Å². The molecule has 1 aliphatic carbocycles. The van der Waals surface area contributed by atoms with Crippen molar-refractivity contribution in [1.82, 2.24) is 0 Å². The van der Waals surface area contributed by atoms with Gasteiger partial charge < -0.3 is 15.0 Å². The SMILES string of the molecule is COC(=O)c1c(NC(=O)C[NH+]2CCC[C@@H]2c2cccs2)sc2c1CCCC2. The number of hydrogen-bond donors (Lipinski definition) is 2. The van der Waals surface area contributed by atoms with Gasteiger partial charge in [0.25, 0.3) is 5.91 Å². The van der Waals surface area contributed by atoms with E-state index in [1.807, 2.05) is 0 Å². The lowest BCUT2D eigenvalue weighted by Crippen LogP contribution is -3.11. The first-order valence-corrected chi connectivity index (χ1v) is 11.3. The zero-order valence-corrected chi connectivity index (χ0v) is 17.1. The van der Waals surface area contributed by atoms with E-state index in [1.54, 1.807) is 22.7 Å². The molecular formula is C20H25N2O3S2+. The van der Waals surface area contributed by atoms with Crippen LogP contribution in [0.1, 0.15) is 57.4 Å². The third-order valence-electron chi connectivity index (χ3n) is 5.57. The van der Waals surface area contributed by atoms with Gasteiger partial charge in [0.05, 0.1) is 24.1 Å². The zero-order valence-electron chi connectivity index (χ0n) is 15.5. The fourth-order valence-corrected chi connectivity index (χ4v) is 6.52. The van der Waals surface area contributed by atoms with E-state index < -0.39 is 0 Å². The number of quaternary nitrogens is 1. The van der Waals surface area contributed by atoms with Crippen LogP contribution in [0, 0.1) is 0 Å². The molecule has 0 bridgehead atoms. The number of rotatable bonds is 5. The molecule has 5 nitrogen and oxygen atoms in total. The highest BCUT2D eigenvalue weighted by Crippen LogP contribution is 2.38. The molecule has 27 heavy (non-hydrogen) atoms. The first-order valence-electron chi connectivity index (χ1n) is 9.58. The van der Waals surface area contributed by atoms with Crippen LogP contribution in [-0.4, -0.2) is 32.1 Å². The summed E-state index contributed by atoms with van der Waals surface area (Å²) in [5.74, 6) is -0.355. The van der Waals surface area contributed by atoms with Crippen molar-refractivity contribution in [3.05, 3.63) is 38.4 Å². The predicted molar refractivity (Wildman–Crippen MR) is 108 cm³/mol. The van der Waals surface area contributed by atoms with Crippen LogP contribution in [0.15, 0.2) is 17.5 Å². The minimum atomic E-state index is -0.338. The molecule has 4 rings (SSSR count). The molecule has 7 heteroatoms. The fraction of sp³-hybridized carbons (Fsp3) is 0.500. The van der Waals surface area contributed by atoms with Gasteiger partial charge in [0.15, 0.2) is 6.54 Å². The lowest BCUT2D eigenvalue weighted by atomic mass is 9.95. The van der Waals surface area contributed by atoms with Gasteiger partial charge in [0.1, 0.15) is 11.0 Å². The molecular weight excluding hydrogens is 380 g/mol. The number of carbonyl (C=O) groups is 2. The molecule has 2 aliphatic rings. The Morgan fingerprint density at radius 3 is 2.93 bits per heavy atom. The van der Waals surface area contributed by atoms with Crippen LogP contribution in [0.5, 0.6) is 0 Å². The monoisotopic (exact) mass is 405 g/mol. The van der Waals surface area contributed by atoms with E-state index in [0.29, 0.717) is 23.2 Å². The number of fused-ring (bicyclic) bond motifs is 1. The second-order valence-corrected chi connectivity index (χ2v) is 9.33. The van der Waals surface area contributed by atoms with Crippen molar-refractivity contribution in [3.8, 4) is 0 Å². The Morgan fingerprint density at radius 2 is 2.15 bits per heavy atom. The summed E-state index contributed by atoms with van der Waals surface area (Å²) in [5.41, 5.74) is 1.66. The second kappa shape index (κ2) is 8.12. The van der Waals surface area contributed by atoms with E-state index in [-0.39, 0.29) is 11.9 Å². The van der Waals surface area contributed by atoms with E-state index in [9.17, 15) is 9.59 Å². The van der Waals surface area contributed by atoms with Gasteiger partial charge in [0, 0.05) is 17.7 Å². The van der Waals surface area contributed by atoms with E-state index >= 15 is 0 Å². The predicted octanol–water partition coefficient (Wildman–Crippen LogP) is 2.83. The van der Waals surface area contributed by atoms with E-state index in [2.05, 4.69) is 22.8 Å². The maximum absolute atomic E-state index is 12.8. The molecule has 1 amide bonds. The molecule has 0 saturated carbocycles. The van der Waals surface area contributed by atoms with Crippen molar-refractivity contribution in [2.24, 2.45) is 0 Å². The average Bonchev–Trinajstić information content (AvgIpc) is 3.40. The minimum Gasteiger partial charge on any atom is -0.465 e. The fourth-order valence-electron chi connectivity index (χ4n) is 4.31. The molecule has 1 saturated heterocycles. The molecule has 0 aromatic carbocycles. The quantitative estimate of drug-likeness (QED) is 0.752. The molecule has 0 spiro atoms. The Bertz CT molecular complexity index is 829. The van der Waals surface area contributed by atoms with E-state index in [1.165, 1.54) is 21.8 Å². The lowest BCUT2D eigenvalue weighted by molar-refractivity contribution is -0.910. The molecule has 3 heterocycles. The summed E-state index contributed by atoms with van der Waals surface area (Å²) >= 11 is 3.32. The molecule has 1 aliphatic heterocycles. The van der Waals surface area contributed by atoms with Crippen molar-refractivity contribution in [1.29, 1.82) is 0 Å². The van der Waals surface area contributed by atoms with Gasteiger partial charge in [-0.15, -0.1) is 22.7 Å². The lowest BCUT2D eigenvalue weighted by Gasteiger charge is -2.20. The van der Waals surface area contributed by atoms with Gasteiger partial charge in [-0.05, 0) is 42.7 Å². The Morgan fingerprint density at radius 1 is 1.30 bits per heavy atom. The Balaban J connectivity index is 1.50. The van der Waals surface area contributed by atoms with Crippen molar-refractivity contribution in [2.75, 3.05) is 25.5 Å². The number of hydrogen-bond acceptors (Lipinski definition) is 5. The largest absolute Gasteiger partial charge is 0.465 e. The van der Waals surface area contributed by atoms with Gasteiger partial charge in [0.2, 0.25) is 0 Å². The van der Waals surface area contributed by atoms with Crippen molar-refractivity contribution in [2.45, 2.75) is 44.6 Å². The molecule has 2 N–H and O–H groups in total. The summed E-state index contributed by atoms with van der Waals surface area (Å²) in [6.45, 7) is 1.45. The highest BCUT2D eigenvalue weighted by molar-refractivity contribution is 7.17.